The maximum absolute atomic E-state index is 12.3. The van der Waals surface area contributed by atoms with Gasteiger partial charge in [-0.25, -0.2) is 0 Å². The first kappa shape index (κ1) is 13.9. The zero-order valence-electron chi connectivity index (χ0n) is 11.9. The third kappa shape index (κ3) is 3.25. The molecule has 2 aliphatic carbocycles. The first-order chi connectivity index (χ1) is 8.41. The summed E-state index contributed by atoms with van der Waals surface area (Å²) in [6, 6.07) is 0.355. The van der Waals surface area contributed by atoms with E-state index >= 15 is 0 Å². The van der Waals surface area contributed by atoms with Crippen molar-refractivity contribution in [2.75, 3.05) is 0 Å². The summed E-state index contributed by atoms with van der Waals surface area (Å²) in [6.45, 7) is 4.63. The molecule has 1 amide bonds. The third-order valence-electron chi connectivity index (χ3n) is 4.87. The molecule has 0 aliphatic heterocycles. The highest BCUT2D eigenvalue weighted by molar-refractivity contribution is 5.86. The van der Waals surface area contributed by atoms with Gasteiger partial charge in [0.25, 0.3) is 0 Å². The number of amides is 1. The topological polar surface area (TPSA) is 55.1 Å². The lowest BCUT2D eigenvalue weighted by Crippen LogP contribution is -2.57. The second-order valence-corrected chi connectivity index (χ2v) is 7.13. The van der Waals surface area contributed by atoms with Crippen molar-refractivity contribution in [2.24, 2.45) is 11.1 Å². The van der Waals surface area contributed by atoms with Crippen LogP contribution >= 0.6 is 0 Å². The Morgan fingerprint density at radius 3 is 2.17 bits per heavy atom. The molecule has 18 heavy (non-hydrogen) atoms. The molecule has 0 heterocycles. The second kappa shape index (κ2) is 5.20. The fourth-order valence-electron chi connectivity index (χ4n) is 3.28. The molecule has 0 aromatic carbocycles. The summed E-state index contributed by atoms with van der Waals surface area (Å²) in [5.74, 6) is 0.104. The van der Waals surface area contributed by atoms with Crippen molar-refractivity contribution in [2.45, 2.75) is 83.2 Å². The summed E-state index contributed by atoms with van der Waals surface area (Å²) in [5, 5.41) is 3.20. The molecule has 2 saturated carbocycles. The molecule has 0 bridgehead atoms. The number of carbonyl (C=O) groups excluding carboxylic acids is 1. The van der Waals surface area contributed by atoms with Crippen LogP contribution in [-0.2, 0) is 4.79 Å². The molecule has 0 atom stereocenters. The Balaban J connectivity index is 1.84. The van der Waals surface area contributed by atoms with Crippen molar-refractivity contribution >= 4 is 5.91 Å². The number of nitrogens with one attached hydrogen (secondary N) is 1. The highest BCUT2D eigenvalue weighted by Gasteiger charge is 2.37. The van der Waals surface area contributed by atoms with Crippen molar-refractivity contribution < 1.29 is 4.79 Å². The summed E-state index contributed by atoms with van der Waals surface area (Å²) in [7, 11) is 0. The molecular weight excluding hydrogens is 224 g/mol. The number of rotatable bonds is 2. The molecule has 2 aliphatic rings. The van der Waals surface area contributed by atoms with Gasteiger partial charge in [-0.2, -0.15) is 0 Å². The summed E-state index contributed by atoms with van der Waals surface area (Å²) < 4.78 is 0. The van der Waals surface area contributed by atoms with Gasteiger partial charge in [0.05, 0.1) is 5.54 Å². The number of hydrogen-bond donors (Lipinski definition) is 2. The average molecular weight is 252 g/mol. The molecule has 0 aromatic heterocycles. The van der Waals surface area contributed by atoms with Crippen LogP contribution in [0.5, 0.6) is 0 Å². The normalized spacial score (nSPS) is 27.7. The molecular formula is C15H28N2O. The fraction of sp³-hybridized carbons (Fsp3) is 0.933. The van der Waals surface area contributed by atoms with Gasteiger partial charge in [-0.15, -0.1) is 0 Å². The van der Waals surface area contributed by atoms with Gasteiger partial charge in [0.15, 0.2) is 0 Å². The van der Waals surface area contributed by atoms with Gasteiger partial charge < -0.3 is 11.1 Å². The quantitative estimate of drug-likeness (QED) is 0.794. The van der Waals surface area contributed by atoms with Crippen LogP contribution in [0.3, 0.4) is 0 Å². The van der Waals surface area contributed by atoms with Crippen LogP contribution in [0.4, 0.5) is 0 Å². The Bertz CT molecular complexity index is 296. The van der Waals surface area contributed by atoms with Crippen molar-refractivity contribution in [1.29, 1.82) is 0 Å². The van der Waals surface area contributed by atoms with Crippen LogP contribution in [-0.4, -0.2) is 17.5 Å². The highest BCUT2D eigenvalue weighted by Crippen LogP contribution is 2.35. The van der Waals surface area contributed by atoms with Gasteiger partial charge in [0.1, 0.15) is 0 Å². The van der Waals surface area contributed by atoms with Gasteiger partial charge in [-0.1, -0.05) is 33.1 Å². The fourth-order valence-corrected chi connectivity index (χ4v) is 3.28. The number of nitrogens with two attached hydrogens (primary N) is 1. The van der Waals surface area contributed by atoms with E-state index in [2.05, 4.69) is 19.2 Å². The third-order valence-corrected chi connectivity index (χ3v) is 4.87. The zero-order chi connectivity index (χ0) is 13.2. The Kier molecular flexibility index (Phi) is 4.00. The van der Waals surface area contributed by atoms with E-state index in [9.17, 15) is 4.79 Å². The van der Waals surface area contributed by atoms with Crippen LogP contribution in [0.25, 0.3) is 0 Å². The number of hydrogen-bond acceptors (Lipinski definition) is 2. The molecule has 104 valence electrons. The van der Waals surface area contributed by atoms with Gasteiger partial charge in [-0.3, -0.25) is 4.79 Å². The van der Waals surface area contributed by atoms with Gasteiger partial charge in [0.2, 0.25) is 5.91 Å². The van der Waals surface area contributed by atoms with Crippen molar-refractivity contribution in [3.63, 3.8) is 0 Å². The molecule has 0 spiro atoms. The molecule has 2 rings (SSSR count). The lowest BCUT2D eigenvalue weighted by atomic mass is 9.75. The predicted molar refractivity (Wildman–Crippen MR) is 74.2 cm³/mol. The van der Waals surface area contributed by atoms with E-state index in [0.717, 1.165) is 38.5 Å². The first-order valence-electron chi connectivity index (χ1n) is 7.51. The molecule has 3 N–H and O–H groups in total. The lowest BCUT2D eigenvalue weighted by Gasteiger charge is -2.38. The predicted octanol–water partition coefficient (Wildman–Crippen LogP) is 2.73. The maximum Gasteiger partial charge on any atom is 0.240 e. The van der Waals surface area contributed by atoms with E-state index in [1.54, 1.807) is 0 Å². The molecule has 0 saturated heterocycles. The van der Waals surface area contributed by atoms with Gasteiger partial charge in [-0.05, 0) is 43.9 Å². The van der Waals surface area contributed by atoms with Crippen LogP contribution in [0.2, 0.25) is 0 Å². The van der Waals surface area contributed by atoms with Crippen molar-refractivity contribution in [1.82, 2.24) is 5.32 Å². The lowest BCUT2D eigenvalue weighted by molar-refractivity contribution is -0.128. The minimum absolute atomic E-state index is 0.104. The van der Waals surface area contributed by atoms with Gasteiger partial charge in [0, 0.05) is 6.04 Å². The van der Waals surface area contributed by atoms with E-state index in [-0.39, 0.29) is 5.91 Å². The van der Waals surface area contributed by atoms with Crippen LogP contribution in [0.15, 0.2) is 0 Å². The molecule has 0 aromatic rings. The summed E-state index contributed by atoms with van der Waals surface area (Å²) >= 11 is 0. The van der Waals surface area contributed by atoms with E-state index in [0.29, 0.717) is 11.5 Å². The first-order valence-corrected chi connectivity index (χ1v) is 7.51. The SMILES string of the molecule is CC1(C)CCC(NC(=O)C2(N)CCCCC2)CC1. The van der Waals surface area contributed by atoms with Crippen LogP contribution in [0, 0.1) is 5.41 Å². The highest BCUT2D eigenvalue weighted by atomic mass is 16.2. The van der Waals surface area contributed by atoms with Crippen LogP contribution in [0.1, 0.15) is 71.6 Å². The standard InChI is InChI=1S/C15H28N2O/c1-14(2)10-6-12(7-11-14)17-13(18)15(16)8-4-3-5-9-15/h12H,3-11,16H2,1-2H3,(H,17,18). The Morgan fingerprint density at radius 1 is 1.06 bits per heavy atom. The van der Waals surface area contributed by atoms with E-state index < -0.39 is 5.54 Å². The zero-order valence-corrected chi connectivity index (χ0v) is 11.9. The van der Waals surface area contributed by atoms with Crippen molar-refractivity contribution in [3.05, 3.63) is 0 Å². The van der Waals surface area contributed by atoms with Crippen LogP contribution < -0.4 is 11.1 Å². The minimum atomic E-state index is -0.578. The number of carbonyl (C=O) groups is 1. The smallest absolute Gasteiger partial charge is 0.240 e. The Morgan fingerprint density at radius 2 is 1.61 bits per heavy atom. The maximum atomic E-state index is 12.3. The Labute approximate surface area is 111 Å². The molecule has 3 heteroatoms. The Hall–Kier alpha value is -0.570. The van der Waals surface area contributed by atoms with Crippen molar-refractivity contribution in [3.8, 4) is 0 Å². The average Bonchev–Trinajstić information content (AvgIpc) is 2.33. The molecule has 0 unspecified atom stereocenters. The molecule has 3 nitrogen and oxygen atoms in total. The molecule has 2 fully saturated rings. The van der Waals surface area contributed by atoms with E-state index in [4.69, 9.17) is 5.73 Å². The summed E-state index contributed by atoms with van der Waals surface area (Å²) in [5.41, 5.74) is 6.13. The summed E-state index contributed by atoms with van der Waals surface area (Å²) in [6.07, 6.45) is 9.76. The monoisotopic (exact) mass is 252 g/mol. The van der Waals surface area contributed by atoms with E-state index in [1.165, 1.54) is 19.3 Å². The second-order valence-electron chi connectivity index (χ2n) is 7.13. The minimum Gasteiger partial charge on any atom is -0.352 e. The largest absolute Gasteiger partial charge is 0.352 e. The summed E-state index contributed by atoms with van der Waals surface area (Å²) in [4.78, 5) is 12.3. The van der Waals surface area contributed by atoms with Gasteiger partial charge >= 0.3 is 0 Å². The molecule has 0 radical (unpaired) electrons. The van der Waals surface area contributed by atoms with E-state index in [1.807, 2.05) is 0 Å².